The Bertz CT molecular complexity index is 827. The highest BCUT2D eigenvalue weighted by Crippen LogP contribution is 2.27. The van der Waals surface area contributed by atoms with Crippen molar-refractivity contribution in [2.24, 2.45) is 0 Å². The smallest absolute Gasteiger partial charge is 0.159 e. The summed E-state index contributed by atoms with van der Waals surface area (Å²) in [5, 5.41) is 9.21. The van der Waals surface area contributed by atoms with E-state index in [1.54, 1.807) is 12.1 Å². The Morgan fingerprint density at radius 3 is 2.26 bits per heavy atom. The molecule has 1 heterocycles. The average Bonchev–Trinajstić information content (AvgIpc) is 2.57. The van der Waals surface area contributed by atoms with E-state index in [1.165, 1.54) is 18.5 Å². The summed E-state index contributed by atoms with van der Waals surface area (Å²) < 4.78 is 14.4. The van der Waals surface area contributed by atoms with Gasteiger partial charge in [-0.05, 0) is 23.6 Å². The zero-order valence-corrected chi connectivity index (χ0v) is 12.4. The number of nitrogens with zero attached hydrogens (tertiary/aromatic N) is 2. The number of aromatic nitrogens is 2. The van der Waals surface area contributed by atoms with E-state index < -0.39 is 0 Å². The van der Waals surface area contributed by atoms with E-state index in [1.807, 2.05) is 30.3 Å². The van der Waals surface area contributed by atoms with Crippen LogP contribution in [0.15, 0.2) is 67.5 Å². The first-order valence-corrected chi connectivity index (χ1v) is 7.18. The molecule has 3 aromatic rings. The first-order valence-electron chi connectivity index (χ1n) is 7.18. The highest BCUT2D eigenvalue weighted by atomic mass is 19.1. The molecule has 0 atom stereocenters. The third-order valence-electron chi connectivity index (χ3n) is 3.51. The molecule has 4 heteroatoms. The van der Waals surface area contributed by atoms with Crippen molar-refractivity contribution in [3.05, 3.63) is 78.9 Å². The van der Waals surface area contributed by atoms with Gasteiger partial charge >= 0.3 is 0 Å². The molecule has 114 valence electrons. The molecule has 0 aliphatic heterocycles. The van der Waals surface area contributed by atoms with Crippen molar-refractivity contribution < 1.29 is 9.50 Å². The number of rotatable bonds is 4. The summed E-state index contributed by atoms with van der Waals surface area (Å²) in [7, 11) is 0. The minimum absolute atomic E-state index is 0.0227. The molecule has 0 aliphatic carbocycles. The fourth-order valence-electron chi connectivity index (χ4n) is 2.35. The SMILES string of the molecule is C=CCc1ccc(-c2ccc(-c3ncc(O)cn3)cc2F)cc1. The number of aromatic hydroxyl groups is 1. The molecule has 0 radical (unpaired) electrons. The molecular formula is C19H15FN2O. The monoisotopic (exact) mass is 306 g/mol. The van der Waals surface area contributed by atoms with Crippen LogP contribution in [0.3, 0.4) is 0 Å². The van der Waals surface area contributed by atoms with E-state index in [0.29, 0.717) is 17.0 Å². The van der Waals surface area contributed by atoms with Crippen LogP contribution in [0.4, 0.5) is 4.39 Å². The van der Waals surface area contributed by atoms with Gasteiger partial charge in [0.05, 0.1) is 12.4 Å². The zero-order valence-electron chi connectivity index (χ0n) is 12.4. The van der Waals surface area contributed by atoms with Crippen molar-refractivity contribution >= 4 is 0 Å². The van der Waals surface area contributed by atoms with E-state index >= 15 is 0 Å². The fourth-order valence-corrected chi connectivity index (χ4v) is 2.35. The Morgan fingerprint density at radius 1 is 1.00 bits per heavy atom. The van der Waals surface area contributed by atoms with Crippen LogP contribution >= 0.6 is 0 Å². The van der Waals surface area contributed by atoms with Gasteiger partial charge in [-0.3, -0.25) is 0 Å². The molecule has 1 aromatic heterocycles. The largest absolute Gasteiger partial charge is 0.505 e. The molecule has 0 saturated carbocycles. The molecule has 0 saturated heterocycles. The molecular weight excluding hydrogens is 291 g/mol. The van der Waals surface area contributed by atoms with Crippen molar-refractivity contribution in [3.63, 3.8) is 0 Å². The molecule has 3 rings (SSSR count). The quantitative estimate of drug-likeness (QED) is 0.727. The Morgan fingerprint density at radius 2 is 1.65 bits per heavy atom. The predicted molar refractivity (Wildman–Crippen MR) is 88.4 cm³/mol. The van der Waals surface area contributed by atoms with Crippen LogP contribution in [0, 0.1) is 5.82 Å². The van der Waals surface area contributed by atoms with Crippen LogP contribution < -0.4 is 0 Å². The topological polar surface area (TPSA) is 46.0 Å². The van der Waals surface area contributed by atoms with Crippen LogP contribution in [-0.4, -0.2) is 15.1 Å². The highest BCUT2D eigenvalue weighted by molar-refractivity contribution is 5.68. The van der Waals surface area contributed by atoms with Gasteiger partial charge in [0.15, 0.2) is 11.6 Å². The molecule has 1 N–H and O–H groups in total. The number of halogens is 1. The first kappa shape index (κ1) is 14.9. The molecule has 0 amide bonds. The second kappa shape index (κ2) is 6.40. The van der Waals surface area contributed by atoms with Crippen LogP contribution in [-0.2, 0) is 6.42 Å². The molecule has 2 aromatic carbocycles. The minimum Gasteiger partial charge on any atom is -0.505 e. The molecule has 0 aliphatic rings. The van der Waals surface area contributed by atoms with Crippen molar-refractivity contribution in [2.45, 2.75) is 6.42 Å². The molecule has 23 heavy (non-hydrogen) atoms. The van der Waals surface area contributed by atoms with Gasteiger partial charge in [0.25, 0.3) is 0 Å². The van der Waals surface area contributed by atoms with E-state index in [4.69, 9.17) is 0 Å². The van der Waals surface area contributed by atoms with E-state index in [-0.39, 0.29) is 11.6 Å². The van der Waals surface area contributed by atoms with Gasteiger partial charge in [-0.25, -0.2) is 14.4 Å². The summed E-state index contributed by atoms with van der Waals surface area (Å²) in [5.41, 5.74) is 3.04. The van der Waals surface area contributed by atoms with Gasteiger partial charge in [0.2, 0.25) is 0 Å². The second-order valence-electron chi connectivity index (χ2n) is 5.15. The summed E-state index contributed by atoms with van der Waals surface area (Å²) in [6.45, 7) is 3.71. The molecule has 0 bridgehead atoms. The number of hydrogen-bond donors (Lipinski definition) is 1. The maximum absolute atomic E-state index is 14.4. The number of allylic oxidation sites excluding steroid dienone is 1. The number of hydrogen-bond acceptors (Lipinski definition) is 3. The van der Waals surface area contributed by atoms with Crippen molar-refractivity contribution in [3.8, 4) is 28.3 Å². The fraction of sp³-hybridized carbons (Fsp3) is 0.0526. The molecule has 0 fully saturated rings. The summed E-state index contributed by atoms with van der Waals surface area (Å²) in [6.07, 6.45) is 5.20. The molecule has 3 nitrogen and oxygen atoms in total. The van der Waals surface area contributed by atoms with Gasteiger partial charge in [-0.15, -0.1) is 6.58 Å². The Balaban J connectivity index is 1.92. The van der Waals surface area contributed by atoms with Crippen LogP contribution in [0.1, 0.15) is 5.56 Å². The lowest BCUT2D eigenvalue weighted by atomic mass is 10.0. The summed E-state index contributed by atoms with van der Waals surface area (Å²) in [4.78, 5) is 7.97. The Kier molecular flexibility index (Phi) is 4.15. The van der Waals surface area contributed by atoms with E-state index in [9.17, 15) is 9.50 Å². The maximum Gasteiger partial charge on any atom is 0.159 e. The Hall–Kier alpha value is -3.01. The minimum atomic E-state index is -0.337. The predicted octanol–water partition coefficient (Wildman–Crippen LogP) is 4.38. The van der Waals surface area contributed by atoms with Crippen LogP contribution in [0.2, 0.25) is 0 Å². The van der Waals surface area contributed by atoms with Crippen molar-refractivity contribution in [1.82, 2.24) is 9.97 Å². The zero-order chi connectivity index (χ0) is 16.2. The third kappa shape index (κ3) is 3.26. The van der Waals surface area contributed by atoms with Gasteiger partial charge < -0.3 is 5.11 Å². The second-order valence-corrected chi connectivity index (χ2v) is 5.15. The van der Waals surface area contributed by atoms with Gasteiger partial charge in [0, 0.05) is 11.1 Å². The van der Waals surface area contributed by atoms with E-state index in [2.05, 4.69) is 16.5 Å². The standard InChI is InChI=1S/C19H15FN2O/c1-2-3-13-4-6-14(7-5-13)17-9-8-15(10-18(17)20)19-21-11-16(23)12-22-19/h2,4-12,23H,1,3H2. The van der Waals surface area contributed by atoms with E-state index in [0.717, 1.165) is 17.5 Å². The van der Waals surface area contributed by atoms with Crippen molar-refractivity contribution in [1.29, 1.82) is 0 Å². The van der Waals surface area contributed by atoms with Crippen LogP contribution in [0.5, 0.6) is 5.75 Å². The van der Waals surface area contributed by atoms with Gasteiger partial charge in [0.1, 0.15) is 5.82 Å². The van der Waals surface area contributed by atoms with Gasteiger partial charge in [-0.2, -0.15) is 0 Å². The van der Waals surface area contributed by atoms with Crippen LogP contribution in [0.25, 0.3) is 22.5 Å². The Labute approximate surface area is 133 Å². The normalized spacial score (nSPS) is 10.5. The third-order valence-corrected chi connectivity index (χ3v) is 3.51. The lowest BCUT2D eigenvalue weighted by Crippen LogP contribution is -1.91. The number of benzene rings is 2. The lowest BCUT2D eigenvalue weighted by Gasteiger charge is -2.07. The van der Waals surface area contributed by atoms with Crippen molar-refractivity contribution in [2.75, 3.05) is 0 Å². The molecule has 0 unspecified atom stereocenters. The molecule has 0 spiro atoms. The summed E-state index contributed by atoms with van der Waals surface area (Å²) in [6, 6.07) is 12.6. The summed E-state index contributed by atoms with van der Waals surface area (Å²) in [5.74, 6) is 0.00989. The highest BCUT2D eigenvalue weighted by Gasteiger charge is 2.09. The summed E-state index contributed by atoms with van der Waals surface area (Å²) >= 11 is 0. The average molecular weight is 306 g/mol. The lowest BCUT2D eigenvalue weighted by molar-refractivity contribution is 0.470. The first-order chi connectivity index (χ1) is 11.2. The van der Waals surface area contributed by atoms with Gasteiger partial charge in [-0.1, -0.05) is 42.5 Å². The maximum atomic E-state index is 14.4.